The molecule has 0 unspecified atom stereocenters. The van der Waals surface area contributed by atoms with Gasteiger partial charge in [0.05, 0.1) is 16.6 Å². The molecular formula is C33H41N3O4. The van der Waals surface area contributed by atoms with Crippen molar-refractivity contribution in [2.45, 2.75) is 66.7 Å². The molecule has 2 N–H and O–H groups in total. The molecule has 40 heavy (non-hydrogen) atoms. The van der Waals surface area contributed by atoms with Gasteiger partial charge in [-0.05, 0) is 76.0 Å². The summed E-state index contributed by atoms with van der Waals surface area (Å²) >= 11 is 0. The molecule has 0 saturated carbocycles. The van der Waals surface area contributed by atoms with E-state index in [2.05, 4.69) is 24.1 Å². The van der Waals surface area contributed by atoms with Crippen LogP contribution in [0.2, 0.25) is 0 Å². The minimum absolute atomic E-state index is 0.0661. The largest absolute Gasteiger partial charge is 0.461 e. The molecule has 7 heteroatoms. The molecule has 0 fully saturated rings. The number of aromatic amines is 1. The van der Waals surface area contributed by atoms with Gasteiger partial charge in [0.2, 0.25) is 0 Å². The van der Waals surface area contributed by atoms with E-state index in [1.54, 1.807) is 38.1 Å². The molecule has 2 heterocycles. The second-order valence-corrected chi connectivity index (χ2v) is 9.82. The van der Waals surface area contributed by atoms with Crippen molar-refractivity contribution in [3.63, 3.8) is 0 Å². The Bertz CT molecular complexity index is 1600. The van der Waals surface area contributed by atoms with Gasteiger partial charge in [-0.2, -0.15) is 0 Å². The summed E-state index contributed by atoms with van der Waals surface area (Å²) in [6, 6.07) is 15.8. The average molecular weight is 544 g/mol. The van der Waals surface area contributed by atoms with Gasteiger partial charge in [-0.3, -0.25) is 19.1 Å². The molecule has 0 amide bonds. The van der Waals surface area contributed by atoms with E-state index >= 15 is 0 Å². The molecular weight excluding hydrogens is 502 g/mol. The van der Waals surface area contributed by atoms with Crippen LogP contribution < -0.4 is 22.0 Å². The summed E-state index contributed by atoms with van der Waals surface area (Å²) in [6.45, 7) is 12.4. The molecule has 2 aromatic carbocycles. The van der Waals surface area contributed by atoms with E-state index in [1.807, 2.05) is 37.3 Å². The van der Waals surface area contributed by atoms with Crippen molar-refractivity contribution in [2.24, 2.45) is 0 Å². The van der Waals surface area contributed by atoms with Crippen LogP contribution in [0.3, 0.4) is 0 Å². The van der Waals surface area contributed by atoms with Crippen LogP contribution in [0.15, 0.2) is 79.5 Å². The lowest BCUT2D eigenvalue weighted by molar-refractivity contribution is 0.497. The van der Waals surface area contributed by atoms with Crippen LogP contribution in [0.5, 0.6) is 0 Å². The third kappa shape index (κ3) is 7.57. The number of nitrogens with one attached hydrogen (secondary N) is 2. The van der Waals surface area contributed by atoms with Gasteiger partial charge in [0.15, 0.2) is 5.43 Å². The quantitative estimate of drug-likeness (QED) is 0.230. The van der Waals surface area contributed by atoms with Gasteiger partial charge >= 0.3 is 5.69 Å². The highest BCUT2D eigenvalue weighted by molar-refractivity contribution is 5.81. The van der Waals surface area contributed by atoms with Crippen molar-refractivity contribution in [1.29, 1.82) is 0 Å². The number of unbranched alkanes of at least 4 members (excludes halogenated alkanes) is 2. The number of rotatable bonds is 10. The summed E-state index contributed by atoms with van der Waals surface area (Å²) < 4.78 is 7.37. The lowest BCUT2D eigenvalue weighted by atomic mass is 9.98. The Hall–Kier alpha value is -3.97. The van der Waals surface area contributed by atoms with Gasteiger partial charge < -0.3 is 9.73 Å². The molecule has 0 saturated heterocycles. The Kier molecular flexibility index (Phi) is 11.5. The Morgan fingerprint density at radius 3 is 2.33 bits per heavy atom. The third-order valence-corrected chi connectivity index (χ3v) is 6.59. The molecule has 0 bridgehead atoms. The number of allylic oxidation sites excluding steroid dienone is 1. The normalized spacial score (nSPS) is 11.4. The summed E-state index contributed by atoms with van der Waals surface area (Å²) in [7, 11) is 0. The maximum atomic E-state index is 12.6. The van der Waals surface area contributed by atoms with Crippen LogP contribution in [0.25, 0.3) is 22.2 Å². The Morgan fingerprint density at radius 1 is 0.925 bits per heavy atom. The van der Waals surface area contributed by atoms with Crippen molar-refractivity contribution in [2.75, 3.05) is 13.1 Å². The Morgan fingerprint density at radius 2 is 1.65 bits per heavy atom. The third-order valence-electron chi connectivity index (χ3n) is 6.59. The van der Waals surface area contributed by atoms with E-state index in [4.69, 9.17) is 4.42 Å². The van der Waals surface area contributed by atoms with Crippen LogP contribution in [0.4, 0.5) is 0 Å². The molecule has 0 aliphatic rings. The highest BCUT2D eigenvalue weighted by Gasteiger charge is 2.15. The molecule has 4 rings (SSSR count). The highest BCUT2D eigenvalue weighted by atomic mass is 16.3. The van der Waals surface area contributed by atoms with E-state index in [-0.39, 0.29) is 5.43 Å². The van der Waals surface area contributed by atoms with Crippen LogP contribution in [-0.4, -0.2) is 22.6 Å². The smallest absolute Gasteiger partial charge is 0.333 e. The molecule has 4 aromatic rings. The number of fused-ring (bicyclic) bond motifs is 1. The Balaban J connectivity index is 0.000000424. The summed E-state index contributed by atoms with van der Waals surface area (Å²) in [4.78, 5) is 39.3. The van der Waals surface area contributed by atoms with Crippen molar-refractivity contribution in [3.8, 4) is 5.69 Å². The van der Waals surface area contributed by atoms with Crippen molar-refractivity contribution >= 4 is 16.5 Å². The second kappa shape index (κ2) is 15.0. The fourth-order valence-electron chi connectivity index (χ4n) is 4.51. The minimum Gasteiger partial charge on any atom is -0.461 e. The van der Waals surface area contributed by atoms with Crippen molar-refractivity contribution in [1.82, 2.24) is 14.9 Å². The average Bonchev–Trinajstić information content (AvgIpc) is 2.95. The fraction of sp³-hybridized carbons (Fsp3) is 0.364. The highest BCUT2D eigenvalue weighted by Crippen LogP contribution is 2.27. The maximum Gasteiger partial charge on any atom is 0.333 e. The molecule has 7 nitrogen and oxygen atoms in total. The zero-order valence-corrected chi connectivity index (χ0v) is 24.3. The number of H-pyrrole nitrogens is 1. The van der Waals surface area contributed by atoms with E-state index < -0.39 is 11.2 Å². The fourth-order valence-corrected chi connectivity index (χ4v) is 4.51. The standard InChI is InChI=1S/C25H22N2O4.C8H19N/c1-4-7-19(23-16(3)22(28)14-15(2)31-23)17-10-12-18(13-11-17)27-21-9-6-5-8-20(21)24(29)26-25(27)30;1-3-5-6-8-9-7-4-2/h5-14H,4H2,1-3H3,(H,26,29,30);9H,3-8H2,1-2H3/b19-7-;. The van der Waals surface area contributed by atoms with Gasteiger partial charge in [-0.1, -0.05) is 64.0 Å². The topological polar surface area (TPSA) is 97.1 Å². The zero-order valence-electron chi connectivity index (χ0n) is 24.3. The number of nitrogens with zero attached hydrogens (tertiary/aromatic N) is 1. The number of hydrogen-bond acceptors (Lipinski definition) is 5. The van der Waals surface area contributed by atoms with Gasteiger partial charge in [-0.25, -0.2) is 4.79 Å². The first-order valence-corrected chi connectivity index (χ1v) is 14.2. The van der Waals surface area contributed by atoms with Crippen molar-refractivity contribution in [3.05, 3.63) is 114 Å². The van der Waals surface area contributed by atoms with Crippen LogP contribution in [0, 0.1) is 13.8 Å². The molecule has 0 aliphatic carbocycles. The monoisotopic (exact) mass is 543 g/mol. The minimum atomic E-state index is -0.499. The van der Waals surface area contributed by atoms with Crippen LogP contribution in [-0.2, 0) is 0 Å². The zero-order chi connectivity index (χ0) is 29.1. The summed E-state index contributed by atoms with van der Waals surface area (Å²) in [6.07, 6.45) is 8.08. The number of aromatic nitrogens is 2. The van der Waals surface area contributed by atoms with Crippen LogP contribution in [0.1, 0.15) is 75.5 Å². The first-order valence-electron chi connectivity index (χ1n) is 14.2. The van der Waals surface area contributed by atoms with E-state index in [0.29, 0.717) is 33.7 Å². The lowest BCUT2D eigenvalue weighted by Gasteiger charge is -2.13. The summed E-state index contributed by atoms with van der Waals surface area (Å²) in [5, 5.41) is 3.81. The van der Waals surface area contributed by atoms with E-state index in [1.165, 1.54) is 49.4 Å². The summed E-state index contributed by atoms with van der Waals surface area (Å²) in [5.74, 6) is 1.10. The van der Waals surface area contributed by atoms with Gasteiger partial charge in [0.1, 0.15) is 11.5 Å². The molecule has 212 valence electrons. The predicted molar refractivity (Wildman–Crippen MR) is 165 cm³/mol. The van der Waals surface area contributed by atoms with Crippen molar-refractivity contribution < 1.29 is 4.42 Å². The molecule has 0 spiro atoms. The second-order valence-electron chi connectivity index (χ2n) is 9.82. The molecule has 0 aliphatic heterocycles. The molecule has 2 aromatic heterocycles. The number of benzene rings is 2. The first-order chi connectivity index (χ1) is 19.3. The predicted octanol–water partition coefficient (Wildman–Crippen LogP) is 6.27. The maximum absolute atomic E-state index is 12.6. The lowest BCUT2D eigenvalue weighted by Crippen LogP contribution is -2.29. The SMILES string of the molecule is CC/C=C(/c1ccc(-n2c(=O)[nH]c(=O)c3ccccc32)cc1)c1oc(C)cc(=O)c1C.CCCCCNCCC. The number of hydrogen-bond donors (Lipinski definition) is 2. The van der Waals surface area contributed by atoms with E-state index in [0.717, 1.165) is 17.6 Å². The van der Waals surface area contributed by atoms with Gasteiger partial charge in [0.25, 0.3) is 5.56 Å². The molecule has 0 atom stereocenters. The number of para-hydroxylation sites is 1. The Labute approximate surface area is 235 Å². The summed E-state index contributed by atoms with van der Waals surface area (Å²) in [5.41, 5.74) is 2.43. The molecule has 0 radical (unpaired) electrons. The first kappa shape index (κ1) is 30.6. The van der Waals surface area contributed by atoms with Gasteiger partial charge in [0, 0.05) is 17.2 Å². The van der Waals surface area contributed by atoms with Crippen LogP contribution >= 0.6 is 0 Å². The number of aryl methyl sites for hydroxylation is 1. The van der Waals surface area contributed by atoms with E-state index in [9.17, 15) is 14.4 Å². The van der Waals surface area contributed by atoms with Gasteiger partial charge in [-0.15, -0.1) is 0 Å².